The molecule has 1 N–H and O–H groups in total. The highest BCUT2D eigenvalue weighted by molar-refractivity contribution is 6.03. The van der Waals surface area contributed by atoms with Crippen LogP contribution in [0.25, 0.3) is 0 Å². The molecule has 0 fully saturated rings. The van der Waals surface area contributed by atoms with Gasteiger partial charge in [0.05, 0.1) is 5.54 Å². The van der Waals surface area contributed by atoms with Crippen molar-refractivity contribution in [2.75, 3.05) is 7.05 Å². The zero-order chi connectivity index (χ0) is 13.2. The molecule has 0 bridgehead atoms. The Labute approximate surface area is 104 Å². The van der Waals surface area contributed by atoms with Gasteiger partial charge in [-0.3, -0.25) is 4.79 Å². The first-order valence-electron chi connectivity index (χ1n) is 6.14. The maximum Gasteiger partial charge on any atom is 0.182 e. The molecule has 0 amide bonds. The van der Waals surface area contributed by atoms with E-state index in [-0.39, 0.29) is 5.78 Å². The number of rotatable bonds is 4. The van der Waals surface area contributed by atoms with Crippen molar-refractivity contribution >= 4 is 5.78 Å². The summed E-state index contributed by atoms with van der Waals surface area (Å²) in [6.45, 7) is 10.1. The summed E-state index contributed by atoms with van der Waals surface area (Å²) in [7, 11) is 1.82. The minimum absolute atomic E-state index is 0.153. The van der Waals surface area contributed by atoms with E-state index < -0.39 is 5.54 Å². The fraction of sp³-hybridized carbons (Fsp3) is 0.533. The normalized spacial score (nSPS) is 11.9. The van der Waals surface area contributed by atoms with Crippen LogP contribution < -0.4 is 5.32 Å². The van der Waals surface area contributed by atoms with E-state index in [0.29, 0.717) is 5.92 Å². The molecule has 0 saturated heterocycles. The number of nitrogens with one attached hydrogen (secondary N) is 1. The lowest BCUT2D eigenvalue weighted by atomic mass is 9.88. The van der Waals surface area contributed by atoms with E-state index in [4.69, 9.17) is 0 Å². The monoisotopic (exact) mass is 233 g/mol. The quantitative estimate of drug-likeness (QED) is 0.808. The Morgan fingerprint density at radius 1 is 1.29 bits per heavy atom. The Hall–Kier alpha value is -1.15. The van der Waals surface area contributed by atoms with Crippen molar-refractivity contribution in [1.29, 1.82) is 0 Å². The number of aryl methyl sites for hydroxylation is 1. The summed E-state index contributed by atoms with van der Waals surface area (Å²) in [5.74, 6) is 0.597. The molecule has 1 aromatic carbocycles. The Balaban J connectivity index is 3.22. The summed E-state index contributed by atoms with van der Waals surface area (Å²) in [5.41, 5.74) is 2.57. The fourth-order valence-electron chi connectivity index (χ4n) is 1.69. The summed E-state index contributed by atoms with van der Waals surface area (Å²) >= 11 is 0. The Kier molecular flexibility index (Phi) is 4.10. The van der Waals surface area contributed by atoms with Gasteiger partial charge in [-0.05, 0) is 50.9 Å². The number of hydrogen-bond acceptors (Lipinski definition) is 2. The van der Waals surface area contributed by atoms with Crippen LogP contribution in [0.1, 0.15) is 55.1 Å². The molecule has 0 spiro atoms. The number of likely N-dealkylation sites (N-methyl/N-ethyl adjacent to an activating group) is 1. The molecule has 0 saturated carbocycles. The third-order valence-corrected chi connectivity index (χ3v) is 3.37. The third kappa shape index (κ3) is 2.95. The van der Waals surface area contributed by atoms with E-state index in [1.54, 1.807) is 0 Å². The van der Waals surface area contributed by atoms with E-state index in [1.807, 2.05) is 40.0 Å². The highest BCUT2D eigenvalue weighted by Crippen LogP contribution is 2.22. The summed E-state index contributed by atoms with van der Waals surface area (Å²) < 4.78 is 0. The molecule has 17 heavy (non-hydrogen) atoms. The van der Waals surface area contributed by atoms with Crippen LogP contribution in [0.2, 0.25) is 0 Å². The molecule has 0 aliphatic rings. The SMILES string of the molecule is CNC(C)(C)C(=O)c1cc(C(C)C)ccc1C. The van der Waals surface area contributed by atoms with Crippen LogP contribution in [0.15, 0.2) is 18.2 Å². The van der Waals surface area contributed by atoms with E-state index in [0.717, 1.165) is 11.1 Å². The highest BCUT2D eigenvalue weighted by Gasteiger charge is 2.27. The lowest BCUT2D eigenvalue weighted by Crippen LogP contribution is -2.44. The topological polar surface area (TPSA) is 29.1 Å². The van der Waals surface area contributed by atoms with E-state index in [1.165, 1.54) is 5.56 Å². The number of Topliss-reactive ketones (excluding diaryl/α,β-unsaturated/α-hetero) is 1. The largest absolute Gasteiger partial charge is 0.308 e. The molecule has 0 atom stereocenters. The first-order valence-corrected chi connectivity index (χ1v) is 6.14. The molecule has 2 heteroatoms. The lowest BCUT2D eigenvalue weighted by Gasteiger charge is -2.24. The second kappa shape index (κ2) is 5.01. The van der Waals surface area contributed by atoms with Gasteiger partial charge in [0.1, 0.15) is 0 Å². The summed E-state index contributed by atoms with van der Waals surface area (Å²) in [6.07, 6.45) is 0. The van der Waals surface area contributed by atoms with Gasteiger partial charge in [0.2, 0.25) is 0 Å². The molecule has 0 aliphatic carbocycles. The van der Waals surface area contributed by atoms with E-state index in [2.05, 4.69) is 25.2 Å². The number of benzene rings is 1. The van der Waals surface area contributed by atoms with Gasteiger partial charge in [-0.2, -0.15) is 0 Å². The summed E-state index contributed by atoms with van der Waals surface area (Å²) in [5, 5.41) is 3.07. The average molecular weight is 233 g/mol. The first-order chi connectivity index (χ1) is 7.79. The van der Waals surface area contributed by atoms with Gasteiger partial charge in [-0.25, -0.2) is 0 Å². The predicted octanol–water partition coefficient (Wildman–Crippen LogP) is 3.30. The van der Waals surface area contributed by atoms with Crippen molar-refractivity contribution in [2.24, 2.45) is 0 Å². The van der Waals surface area contributed by atoms with Gasteiger partial charge in [0.15, 0.2) is 5.78 Å². The van der Waals surface area contributed by atoms with Gasteiger partial charge in [0.25, 0.3) is 0 Å². The number of ketones is 1. The molecule has 94 valence electrons. The van der Waals surface area contributed by atoms with Crippen molar-refractivity contribution in [3.8, 4) is 0 Å². The molecule has 2 nitrogen and oxygen atoms in total. The van der Waals surface area contributed by atoms with Crippen molar-refractivity contribution in [2.45, 2.75) is 46.1 Å². The van der Waals surface area contributed by atoms with Crippen molar-refractivity contribution in [3.63, 3.8) is 0 Å². The maximum atomic E-state index is 12.4. The molecule has 0 aliphatic heterocycles. The fourth-order valence-corrected chi connectivity index (χ4v) is 1.69. The van der Waals surface area contributed by atoms with Crippen LogP contribution in [0, 0.1) is 6.92 Å². The molecule has 1 rings (SSSR count). The lowest BCUT2D eigenvalue weighted by molar-refractivity contribution is 0.0889. The Morgan fingerprint density at radius 2 is 1.88 bits per heavy atom. The Bertz CT molecular complexity index is 419. The average Bonchev–Trinajstić information content (AvgIpc) is 2.28. The molecular weight excluding hydrogens is 210 g/mol. The molecule has 0 aromatic heterocycles. The van der Waals surface area contributed by atoms with Crippen LogP contribution in [0.4, 0.5) is 0 Å². The smallest absolute Gasteiger partial charge is 0.182 e. The minimum Gasteiger partial charge on any atom is -0.308 e. The molecule has 1 aromatic rings. The van der Waals surface area contributed by atoms with Gasteiger partial charge in [0, 0.05) is 5.56 Å². The zero-order valence-corrected chi connectivity index (χ0v) is 11.7. The second-order valence-electron chi connectivity index (χ2n) is 5.43. The van der Waals surface area contributed by atoms with Crippen LogP contribution >= 0.6 is 0 Å². The minimum atomic E-state index is -0.514. The molecule has 0 heterocycles. The number of hydrogen-bond donors (Lipinski definition) is 1. The standard InChI is InChI=1S/C15H23NO/c1-10(2)12-8-7-11(3)13(9-12)14(17)15(4,5)16-6/h7-10,16H,1-6H3. The van der Waals surface area contributed by atoms with Gasteiger partial charge in [-0.15, -0.1) is 0 Å². The van der Waals surface area contributed by atoms with Crippen molar-refractivity contribution in [1.82, 2.24) is 5.32 Å². The second-order valence-corrected chi connectivity index (χ2v) is 5.43. The number of carbonyl (C=O) groups is 1. The van der Waals surface area contributed by atoms with Gasteiger partial charge in [-0.1, -0.05) is 26.0 Å². The zero-order valence-electron chi connectivity index (χ0n) is 11.7. The van der Waals surface area contributed by atoms with Crippen molar-refractivity contribution in [3.05, 3.63) is 34.9 Å². The van der Waals surface area contributed by atoms with Crippen LogP contribution in [0.3, 0.4) is 0 Å². The Morgan fingerprint density at radius 3 is 2.35 bits per heavy atom. The highest BCUT2D eigenvalue weighted by atomic mass is 16.1. The first kappa shape index (κ1) is 13.9. The van der Waals surface area contributed by atoms with E-state index >= 15 is 0 Å². The van der Waals surface area contributed by atoms with Crippen LogP contribution in [-0.4, -0.2) is 18.4 Å². The third-order valence-electron chi connectivity index (χ3n) is 3.37. The maximum absolute atomic E-state index is 12.4. The van der Waals surface area contributed by atoms with Gasteiger partial charge < -0.3 is 5.32 Å². The van der Waals surface area contributed by atoms with Crippen LogP contribution in [-0.2, 0) is 0 Å². The number of carbonyl (C=O) groups excluding carboxylic acids is 1. The van der Waals surface area contributed by atoms with Gasteiger partial charge >= 0.3 is 0 Å². The van der Waals surface area contributed by atoms with E-state index in [9.17, 15) is 4.79 Å². The summed E-state index contributed by atoms with van der Waals surface area (Å²) in [6, 6.07) is 6.17. The molecule has 0 unspecified atom stereocenters. The molecular formula is C15H23NO. The summed E-state index contributed by atoms with van der Waals surface area (Å²) in [4.78, 5) is 12.4. The predicted molar refractivity (Wildman–Crippen MR) is 72.7 cm³/mol. The van der Waals surface area contributed by atoms with Crippen LogP contribution in [0.5, 0.6) is 0 Å². The molecule has 0 radical (unpaired) electrons. The van der Waals surface area contributed by atoms with Crippen molar-refractivity contribution < 1.29 is 4.79 Å².